The van der Waals surface area contributed by atoms with Gasteiger partial charge in [-0.25, -0.2) is 37.1 Å². The summed E-state index contributed by atoms with van der Waals surface area (Å²) in [6, 6.07) is 14.6. The number of sulfonamides is 1. The smallest absolute Gasteiger partial charge is 0.408 e. The molecular formula is C61H81N9O15S. The van der Waals surface area contributed by atoms with Crippen LogP contribution in [-0.4, -0.2) is 130 Å². The summed E-state index contributed by atoms with van der Waals surface area (Å²) >= 11 is 0. The summed E-state index contributed by atoms with van der Waals surface area (Å²) < 4.78 is 52.0. The molecule has 24 nitrogen and oxygen atoms in total. The van der Waals surface area contributed by atoms with Crippen LogP contribution in [0, 0.1) is 20.8 Å². The van der Waals surface area contributed by atoms with Crippen molar-refractivity contribution in [1.82, 2.24) is 41.9 Å². The van der Waals surface area contributed by atoms with Crippen LogP contribution in [0.4, 0.5) is 19.2 Å². The second-order valence-corrected chi connectivity index (χ2v) is 24.6. The number of benzene rings is 4. The normalized spacial score (nSPS) is 14.4. The molecule has 6 rings (SSSR count). The minimum Gasteiger partial charge on any atom is -0.508 e. The van der Waals surface area contributed by atoms with Gasteiger partial charge in [0.2, 0.25) is 17.7 Å². The van der Waals surface area contributed by atoms with E-state index in [4.69, 9.17) is 24.7 Å². The van der Waals surface area contributed by atoms with Crippen molar-refractivity contribution in [2.75, 3.05) is 33.4 Å². The second kappa shape index (κ2) is 29.5. The van der Waals surface area contributed by atoms with Gasteiger partial charge in [-0.3, -0.25) is 14.4 Å². The fourth-order valence-electron chi connectivity index (χ4n) is 10.5. The number of hydrogen-bond donors (Lipinski definition) is 10. The Kier molecular flexibility index (Phi) is 22.8. The number of nitrogens with two attached hydrogens (primary N) is 1. The number of urea groups is 2. The summed E-state index contributed by atoms with van der Waals surface area (Å²) in [7, 11) is -3.23. The Hall–Kier alpha value is -8.61. The summed E-state index contributed by atoms with van der Waals surface area (Å²) in [5, 5.41) is 28.2. The van der Waals surface area contributed by atoms with E-state index in [0.717, 1.165) is 34.9 Å². The Morgan fingerprint density at radius 1 is 0.674 bits per heavy atom. The molecule has 1 aliphatic heterocycles. The number of hydrogen-bond acceptors (Lipinski definition) is 15. The molecular weight excluding hydrogens is 1130 g/mol. The molecule has 1 unspecified atom stereocenters. The molecule has 9 amide bonds. The van der Waals surface area contributed by atoms with Gasteiger partial charge in [0.1, 0.15) is 53.5 Å². The second-order valence-electron chi connectivity index (χ2n) is 23.0. The lowest BCUT2D eigenvalue weighted by Crippen LogP contribution is -2.56. The first-order valence-corrected chi connectivity index (χ1v) is 30.1. The van der Waals surface area contributed by atoms with Gasteiger partial charge in [-0.1, -0.05) is 60.7 Å². The number of aromatic hydroxyl groups is 1. The van der Waals surface area contributed by atoms with Crippen molar-refractivity contribution in [1.29, 1.82) is 0 Å². The van der Waals surface area contributed by atoms with Crippen LogP contribution >= 0.6 is 0 Å². The highest BCUT2D eigenvalue weighted by Gasteiger charge is 2.38. The summed E-state index contributed by atoms with van der Waals surface area (Å²) in [6.45, 7) is 13.7. The molecule has 4 aromatic rings. The average Bonchev–Trinajstić information content (AvgIpc) is 1.95. The quantitative estimate of drug-likeness (QED) is 0.0194. The maximum atomic E-state index is 14.2. The van der Waals surface area contributed by atoms with Crippen LogP contribution < -0.4 is 52.4 Å². The first-order chi connectivity index (χ1) is 40.6. The van der Waals surface area contributed by atoms with E-state index >= 15 is 0 Å². The standard InChI is InChI=1S/C61H81N9O15S/c1-35-36(2)51(37(3)44-33-61(7,8)84-50(35)44)86(80,81)70-57(77)65-31-17-23-46(68-58(78)83-34-45-42-20-12-10-18-40(42)41-19-11-13-21-43(41)45)52(72)63-29-15-14-22-47(53(73)67-49(55(75)82-9)32-38-25-27-39(71)28-26-38)66-54(74)48(24-16-30-64-56(62)76)69-59(79)85-60(4,5)6/h10-13,18-21,25-28,45-49,71H,14-17,22-24,29-34H2,1-9H3,(H,63,72)(H,66,74)(H,67,73)(H,68,78)(H,69,79)(H3,62,64,76)(H2,65,70,77)/t46?,47-,48-,49-/m0/s1. The van der Waals surface area contributed by atoms with E-state index in [1.165, 1.54) is 12.1 Å². The lowest BCUT2D eigenvalue weighted by Gasteiger charge is -2.26. The monoisotopic (exact) mass is 1210 g/mol. The first kappa shape index (κ1) is 66.5. The van der Waals surface area contributed by atoms with E-state index in [0.29, 0.717) is 34.4 Å². The lowest BCUT2D eigenvalue weighted by atomic mass is 9.94. The number of fused-ring (bicyclic) bond motifs is 4. The van der Waals surface area contributed by atoms with Crippen molar-refractivity contribution < 1.29 is 70.8 Å². The predicted molar refractivity (Wildman–Crippen MR) is 319 cm³/mol. The molecule has 2 aliphatic rings. The van der Waals surface area contributed by atoms with E-state index in [1.54, 1.807) is 53.7 Å². The molecule has 11 N–H and O–H groups in total. The maximum Gasteiger partial charge on any atom is 0.408 e. The van der Waals surface area contributed by atoms with E-state index in [1.807, 2.05) is 62.4 Å². The van der Waals surface area contributed by atoms with E-state index in [9.17, 15) is 51.9 Å². The zero-order valence-electron chi connectivity index (χ0n) is 50.2. The third-order valence-electron chi connectivity index (χ3n) is 14.7. The molecule has 466 valence electrons. The van der Waals surface area contributed by atoms with Gasteiger partial charge in [-0.15, -0.1) is 0 Å². The van der Waals surface area contributed by atoms with E-state index in [-0.39, 0.29) is 94.2 Å². The fraction of sp³-hybridized carbons (Fsp3) is 0.475. The van der Waals surface area contributed by atoms with Crippen LogP contribution in [-0.2, 0) is 56.3 Å². The van der Waals surface area contributed by atoms with Crippen molar-refractivity contribution in [2.24, 2.45) is 5.73 Å². The Morgan fingerprint density at radius 2 is 1.21 bits per heavy atom. The number of phenolic OH excluding ortho intramolecular Hbond substituents is 1. The lowest BCUT2D eigenvalue weighted by molar-refractivity contribution is -0.145. The van der Waals surface area contributed by atoms with Crippen molar-refractivity contribution in [2.45, 2.75) is 159 Å². The van der Waals surface area contributed by atoms with Crippen LogP contribution in [0.25, 0.3) is 11.1 Å². The number of primary amides is 1. The van der Waals surface area contributed by atoms with Crippen LogP contribution in [0.3, 0.4) is 0 Å². The third-order valence-corrected chi connectivity index (χ3v) is 16.3. The van der Waals surface area contributed by atoms with Gasteiger partial charge in [-0.05, 0) is 157 Å². The maximum absolute atomic E-state index is 14.2. The van der Waals surface area contributed by atoms with Gasteiger partial charge >= 0.3 is 30.2 Å². The number of nitrogens with one attached hydrogen (secondary N) is 8. The van der Waals surface area contributed by atoms with E-state index in [2.05, 4.69) is 41.9 Å². The molecule has 0 saturated carbocycles. The number of rotatable bonds is 27. The van der Waals surface area contributed by atoms with Gasteiger partial charge < -0.3 is 67.0 Å². The highest BCUT2D eigenvalue weighted by molar-refractivity contribution is 7.90. The number of amides is 9. The molecule has 0 bridgehead atoms. The van der Waals surface area contributed by atoms with Crippen LogP contribution in [0.1, 0.15) is 124 Å². The number of carbonyl (C=O) groups excluding carboxylic acids is 8. The van der Waals surface area contributed by atoms with Gasteiger partial charge in [0.25, 0.3) is 10.0 Å². The molecule has 0 aromatic heterocycles. The summed E-state index contributed by atoms with van der Waals surface area (Å²) in [6.07, 6.45) is -0.899. The first-order valence-electron chi connectivity index (χ1n) is 28.6. The largest absolute Gasteiger partial charge is 0.508 e. The molecule has 25 heteroatoms. The van der Waals surface area contributed by atoms with Crippen molar-refractivity contribution in [3.05, 3.63) is 112 Å². The molecule has 86 heavy (non-hydrogen) atoms. The zero-order chi connectivity index (χ0) is 63.1. The van der Waals surface area contributed by atoms with Crippen LogP contribution in [0.15, 0.2) is 77.7 Å². The Morgan fingerprint density at radius 3 is 1.80 bits per heavy atom. The number of phenols is 1. The van der Waals surface area contributed by atoms with Gasteiger partial charge in [0.05, 0.1) is 12.0 Å². The molecule has 1 aliphatic carbocycles. The minimum absolute atomic E-state index is 0.00550. The van der Waals surface area contributed by atoms with Crippen molar-refractivity contribution in [3.8, 4) is 22.6 Å². The number of methoxy groups -OCH3 is 1. The fourth-order valence-corrected chi connectivity index (χ4v) is 12.0. The SMILES string of the molecule is COC(=O)[C@H](Cc1ccc(O)cc1)NC(=O)[C@H](CCCCNC(=O)C(CCCNC(=O)NS(=O)(=O)c1c(C)c(C)c2c(c1C)CC(C)(C)O2)NC(=O)OCC1c2ccccc2-c2ccccc21)NC(=O)[C@H](CCCNC(N)=O)NC(=O)OC(C)(C)C. The van der Waals surface area contributed by atoms with Crippen LogP contribution in [0.5, 0.6) is 11.5 Å². The highest BCUT2D eigenvalue weighted by atomic mass is 32.2. The van der Waals surface area contributed by atoms with Gasteiger partial charge in [0, 0.05) is 44.0 Å². The Bertz CT molecular complexity index is 3210. The van der Waals surface area contributed by atoms with Gasteiger partial charge in [-0.2, -0.15) is 0 Å². The highest BCUT2D eigenvalue weighted by Crippen LogP contribution is 2.45. The number of ether oxygens (including phenoxy) is 4. The zero-order valence-corrected chi connectivity index (χ0v) is 51.0. The third kappa shape index (κ3) is 18.4. The molecule has 4 atom stereocenters. The summed E-state index contributed by atoms with van der Waals surface area (Å²) in [5.74, 6) is -2.70. The van der Waals surface area contributed by atoms with Gasteiger partial charge in [0.15, 0.2) is 0 Å². The average molecular weight is 1210 g/mol. The summed E-state index contributed by atoms with van der Waals surface area (Å²) in [5.41, 5.74) is 10.6. The van der Waals surface area contributed by atoms with Crippen molar-refractivity contribution >= 4 is 58.0 Å². The number of unbranched alkanes of at least 4 members (excludes halogenated alkanes) is 1. The summed E-state index contributed by atoms with van der Waals surface area (Å²) in [4.78, 5) is 107. The van der Waals surface area contributed by atoms with Crippen LogP contribution in [0.2, 0.25) is 0 Å². The molecule has 1 heterocycles. The Labute approximate surface area is 501 Å². The number of alkyl carbamates (subject to hydrolysis) is 2. The molecule has 0 saturated heterocycles. The molecule has 0 radical (unpaired) electrons. The number of carbonyl (C=O) groups is 8. The van der Waals surface area contributed by atoms with Crippen molar-refractivity contribution in [3.63, 3.8) is 0 Å². The molecule has 0 spiro atoms. The topological polar surface area (TPSA) is 350 Å². The number of esters is 1. The minimum atomic E-state index is -4.37. The molecule has 4 aromatic carbocycles. The Balaban J connectivity index is 1.13. The molecule has 0 fully saturated rings. The predicted octanol–water partition coefficient (Wildman–Crippen LogP) is 5.72. The van der Waals surface area contributed by atoms with E-state index < -0.39 is 93.3 Å².